The zero-order chi connectivity index (χ0) is 30.8. The Kier molecular flexibility index (Phi) is 5.81. The molecule has 4 nitrogen and oxygen atoms in total. The maximum absolute atomic E-state index is 6.27. The molecule has 9 rings (SSSR count). The van der Waals surface area contributed by atoms with E-state index in [9.17, 15) is 0 Å². The third-order valence-electron chi connectivity index (χ3n) is 9.33. The number of para-hydroxylation sites is 1. The Hall–Kier alpha value is -5.87. The second-order valence-corrected chi connectivity index (χ2v) is 12.5. The largest absolute Gasteiger partial charge is 0.456 e. The Bertz CT molecular complexity index is 2380. The van der Waals surface area contributed by atoms with E-state index in [2.05, 4.69) is 80.6 Å². The van der Waals surface area contributed by atoms with Crippen molar-refractivity contribution in [2.45, 2.75) is 19.3 Å². The summed E-state index contributed by atoms with van der Waals surface area (Å²) in [5.74, 6) is 1.96. The first-order valence-electron chi connectivity index (χ1n) is 15.6. The van der Waals surface area contributed by atoms with Gasteiger partial charge in [-0.25, -0.2) is 15.0 Å². The summed E-state index contributed by atoms with van der Waals surface area (Å²) < 4.78 is 6.27. The van der Waals surface area contributed by atoms with Crippen LogP contribution in [0.2, 0.25) is 0 Å². The minimum absolute atomic E-state index is 0.134. The van der Waals surface area contributed by atoms with Crippen LogP contribution in [0.5, 0.6) is 0 Å². The van der Waals surface area contributed by atoms with Gasteiger partial charge in [0.1, 0.15) is 11.2 Å². The fourth-order valence-corrected chi connectivity index (χ4v) is 6.92. The lowest BCUT2D eigenvalue weighted by Gasteiger charge is -2.21. The summed E-state index contributed by atoms with van der Waals surface area (Å²) >= 11 is 0. The van der Waals surface area contributed by atoms with Gasteiger partial charge in [-0.15, -0.1) is 0 Å². The van der Waals surface area contributed by atoms with Crippen LogP contribution in [-0.4, -0.2) is 15.0 Å². The van der Waals surface area contributed by atoms with Crippen LogP contribution in [-0.2, 0) is 5.41 Å². The van der Waals surface area contributed by atoms with Gasteiger partial charge >= 0.3 is 0 Å². The van der Waals surface area contributed by atoms with Gasteiger partial charge in [0, 0.05) is 32.9 Å². The molecule has 0 saturated heterocycles. The maximum atomic E-state index is 6.27. The van der Waals surface area contributed by atoms with Gasteiger partial charge in [0.25, 0.3) is 0 Å². The first-order valence-corrected chi connectivity index (χ1v) is 15.6. The predicted octanol–water partition coefficient (Wildman–Crippen LogP) is 10.7. The summed E-state index contributed by atoms with van der Waals surface area (Å²) in [5, 5.41) is 2.31. The fraction of sp³-hybridized carbons (Fsp3) is 0.0714. The van der Waals surface area contributed by atoms with Crippen molar-refractivity contribution in [1.82, 2.24) is 15.0 Å². The molecule has 8 aromatic rings. The van der Waals surface area contributed by atoms with E-state index < -0.39 is 0 Å². The van der Waals surface area contributed by atoms with Gasteiger partial charge in [0.15, 0.2) is 17.5 Å². The van der Waals surface area contributed by atoms with Gasteiger partial charge in [0.05, 0.1) is 0 Å². The number of rotatable bonds is 4. The lowest BCUT2D eigenvalue weighted by molar-refractivity contribution is 0.647. The number of furan rings is 1. The van der Waals surface area contributed by atoms with Crippen molar-refractivity contribution in [2.24, 2.45) is 0 Å². The maximum Gasteiger partial charge on any atom is 0.164 e. The minimum atomic E-state index is -0.134. The standard InChI is InChI=1S/C42H29N3O/c1-42(2)35-21-20-29(23-32(35)33-24-34-31-18-9-10-19-37(31)46-38(34)25-36(33)42)28-16-11-17-30(22-28)41-44-39(26-12-5-3-6-13-26)43-40(45-41)27-14-7-4-8-15-27/h3-25H,1-2H3. The first kappa shape index (κ1) is 26.5. The molecule has 0 bridgehead atoms. The van der Waals surface area contributed by atoms with Crippen LogP contribution in [0, 0.1) is 0 Å². The van der Waals surface area contributed by atoms with Gasteiger partial charge in [0.2, 0.25) is 0 Å². The zero-order valence-electron chi connectivity index (χ0n) is 25.5. The Morgan fingerprint density at radius 3 is 1.70 bits per heavy atom. The minimum Gasteiger partial charge on any atom is -0.456 e. The molecule has 0 fully saturated rings. The normalized spacial score (nSPS) is 13.2. The van der Waals surface area contributed by atoms with E-state index >= 15 is 0 Å². The highest BCUT2D eigenvalue weighted by Gasteiger charge is 2.36. The van der Waals surface area contributed by atoms with E-state index in [4.69, 9.17) is 19.4 Å². The molecule has 1 aliphatic rings. The molecule has 2 heterocycles. The quantitative estimate of drug-likeness (QED) is 0.204. The van der Waals surface area contributed by atoms with Crippen LogP contribution < -0.4 is 0 Å². The van der Waals surface area contributed by atoms with Crippen molar-refractivity contribution in [1.29, 1.82) is 0 Å². The molecule has 0 radical (unpaired) electrons. The SMILES string of the molecule is CC1(C)c2ccc(-c3cccc(-c4nc(-c5ccccc5)nc(-c5ccccc5)n4)c3)cc2-c2cc3c(cc21)oc1ccccc13. The molecule has 0 aliphatic heterocycles. The first-order chi connectivity index (χ1) is 22.5. The molecule has 0 saturated carbocycles. The summed E-state index contributed by atoms with van der Waals surface area (Å²) in [4.78, 5) is 14.8. The highest BCUT2D eigenvalue weighted by Crippen LogP contribution is 2.51. The molecule has 218 valence electrons. The number of aromatic nitrogens is 3. The Morgan fingerprint density at radius 2 is 0.978 bits per heavy atom. The van der Waals surface area contributed by atoms with Crippen LogP contribution in [0.1, 0.15) is 25.0 Å². The Labute approximate surface area is 267 Å². The molecule has 0 amide bonds. The van der Waals surface area contributed by atoms with Crippen LogP contribution in [0.25, 0.3) is 78.4 Å². The van der Waals surface area contributed by atoms with Gasteiger partial charge in [-0.1, -0.05) is 123 Å². The molecule has 1 aliphatic carbocycles. The molecule has 0 unspecified atom stereocenters. The third-order valence-corrected chi connectivity index (χ3v) is 9.33. The fourth-order valence-electron chi connectivity index (χ4n) is 6.92. The zero-order valence-corrected chi connectivity index (χ0v) is 25.5. The Balaban J connectivity index is 1.17. The third kappa shape index (κ3) is 4.18. The van der Waals surface area contributed by atoms with Crippen molar-refractivity contribution in [3.63, 3.8) is 0 Å². The van der Waals surface area contributed by atoms with Gasteiger partial charge in [-0.2, -0.15) is 0 Å². The molecule has 0 spiro atoms. The average molecular weight is 592 g/mol. The van der Waals surface area contributed by atoms with Crippen molar-refractivity contribution in [2.75, 3.05) is 0 Å². The van der Waals surface area contributed by atoms with Gasteiger partial charge < -0.3 is 4.42 Å². The number of hydrogen-bond acceptors (Lipinski definition) is 4. The van der Waals surface area contributed by atoms with Gasteiger partial charge in [-0.05, 0) is 63.7 Å². The smallest absolute Gasteiger partial charge is 0.164 e. The number of benzene rings is 6. The van der Waals surface area contributed by atoms with E-state index in [1.807, 2.05) is 72.8 Å². The molecular weight excluding hydrogens is 562 g/mol. The molecule has 2 aromatic heterocycles. The molecule has 4 heteroatoms. The summed E-state index contributed by atoms with van der Waals surface area (Å²) in [5.41, 5.74) is 12.0. The topological polar surface area (TPSA) is 51.8 Å². The van der Waals surface area contributed by atoms with Crippen LogP contribution in [0.15, 0.2) is 144 Å². The van der Waals surface area contributed by atoms with Crippen LogP contribution in [0.4, 0.5) is 0 Å². The highest BCUT2D eigenvalue weighted by atomic mass is 16.3. The molecule has 0 atom stereocenters. The number of hydrogen-bond donors (Lipinski definition) is 0. The van der Waals surface area contributed by atoms with Crippen molar-refractivity contribution >= 4 is 21.9 Å². The van der Waals surface area contributed by atoms with E-state index in [-0.39, 0.29) is 5.41 Å². The van der Waals surface area contributed by atoms with Crippen molar-refractivity contribution < 1.29 is 4.42 Å². The Morgan fingerprint density at radius 1 is 0.413 bits per heavy atom. The molecule has 0 N–H and O–H groups in total. The lowest BCUT2D eigenvalue weighted by atomic mass is 9.82. The number of fused-ring (bicyclic) bond motifs is 6. The summed E-state index contributed by atoms with van der Waals surface area (Å²) in [7, 11) is 0. The average Bonchev–Trinajstić information content (AvgIpc) is 3.59. The van der Waals surface area contributed by atoms with Gasteiger partial charge in [-0.3, -0.25) is 0 Å². The van der Waals surface area contributed by atoms with Crippen molar-refractivity contribution in [3.05, 3.63) is 151 Å². The lowest BCUT2D eigenvalue weighted by Crippen LogP contribution is -2.14. The van der Waals surface area contributed by atoms with Crippen LogP contribution in [0.3, 0.4) is 0 Å². The predicted molar refractivity (Wildman–Crippen MR) is 186 cm³/mol. The highest BCUT2D eigenvalue weighted by molar-refractivity contribution is 6.07. The summed E-state index contributed by atoms with van der Waals surface area (Å²) in [6.45, 7) is 4.61. The van der Waals surface area contributed by atoms with Crippen LogP contribution >= 0.6 is 0 Å². The summed E-state index contributed by atoms with van der Waals surface area (Å²) in [6, 6.07) is 48.4. The van der Waals surface area contributed by atoms with E-state index in [1.54, 1.807) is 0 Å². The number of nitrogens with zero attached hydrogens (tertiary/aromatic N) is 3. The summed E-state index contributed by atoms with van der Waals surface area (Å²) in [6.07, 6.45) is 0. The van der Waals surface area contributed by atoms with E-state index in [0.717, 1.165) is 49.8 Å². The molecule has 6 aromatic carbocycles. The van der Waals surface area contributed by atoms with E-state index in [0.29, 0.717) is 17.5 Å². The van der Waals surface area contributed by atoms with Crippen molar-refractivity contribution in [3.8, 4) is 56.4 Å². The van der Waals surface area contributed by atoms with E-state index in [1.165, 1.54) is 22.3 Å². The second kappa shape index (κ2) is 10.1. The monoisotopic (exact) mass is 591 g/mol. The molecule has 46 heavy (non-hydrogen) atoms. The second-order valence-electron chi connectivity index (χ2n) is 12.5. The molecular formula is C42H29N3O.